The summed E-state index contributed by atoms with van der Waals surface area (Å²) in [7, 11) is -9.91. The molecule has 0 aliphatic heterocycles. The third-order valence-electron chi connectivity index (χ3n) is 18.9. The van der Waals surface area contributed by atoms with Gasteiger partial charge in [0.15, 0.2) is 12.2 Å². The average Bonchev–Trinajstić information content (AvgIpc) is 1.03. The number of phosphoric acid groups is 2. The summed E-state index contributed by atoms with van der Waals surface area (Å²) in [6, 6.07) is 0. The molecule has 99 heavy (non-hydrogen) atoms. The zero-order valence-corrected chi connectivity index (χ0v) is 66.3. The quantitative estimate of drug-likeness (QED) is 0.0222. The van der Waals surface area contributed by atoms with Gasteiger partial charge in [-0.1, -0.05) is 381 Å². The third kappa shape index (κ3) is 74.1. The van der Waals surface area contributed by atoms with E-state index in [9.17, 15) is 43.2 Å². The summed E-state index contributed by atoms with van der Waals surface area (Å²) in [5, 5.41) is 10.6. The summed E-state index contributed by atoms with van der Waals surface area (Å²) in [5.41, 5.74) is 0. The lowest BCUT2D eigenvalue weighted by Crippen LogP contribution is -2.30. The Labute approximate surface area is 607 Å². The number of unbranched alkanes of at least 4 members (excludes halogenated alkanes) is 55. The summed E-state index contributed by atoms with van der Waals surface area (Å²) in [6.45, 7) is 5.00. The van der Waals surface area contributed by atoms with E-state index in [4.69, 9.17) is 37.0 Å². The van der Waals surface area contributed by atoms with Crippen LogP contribution in [0.15, 0.2) is 0 Å². The number of ether oxygens (including phenoxy) is 4. The van der Waals surface area contributed by atoms with E-state index in [2.05, 4.69) is 27.7 Å². The van der Waals surface area contributed by atoms with E-state index in [1.165, 1.54) is 263 Å². The number of esters is 4. The minimum absolute atomic E-state index is 0.108. The minimum atomic E-state index is -4.96. The predicted octanol–water partition coefficient (Wildman–Crippen LogP) is 24.2. The van der Waals surface area contributed by atoms with Crippen LogP contribution in [0.4, 0.5) is 0 Å². The molecule has 0 saturated carbocycles. The van der Waals surface area contributed by atoms with Gasteiger partial charge >= 0.3 is 39.5 Å². The van der Waals surface area contributed by atoms with Gasteiger partial charge in [-0.25, -0.2) is 9.13 Å². The van der Waals surface area contributed by atoms with Crippen molar-refractivity contribution in [2.24, 2.45) is 0 Å². The van der Waals surface area contributed by atoms with Gasteiger partial charge in [0.1, 0.15) is 19.3 Å². The fraction of sp³-hybridized carbons (Fsp3) is 0.950. The van der Waals surface area contributed by atoms with Crippen molar-refractivity contribution in [3.05, 3.63) is 0 Å². The number of phosphoric ester groups is 2. The second kappa shape index (κ2) is 74.3. The molecular formula is C80H156O17P2. The first-order chi connectivity index (χ1) is 48.2. The Bertz CT molecular complexity index is 1880. The van der Waals surface area contributed by atoms with E-state index in [1.54, 1.807) is 0 Å². The van der Waals surface area contributed by atoms with Crippen molar-refractivity contribution >= 4 is 39.5 Å². The molecule has 0 aromatic rings. The van der Waals surface area contributed by atoms with Gasteiger partial charge in [-0.05, 0) is 25.7 Å². The first kappa shape index (κ1) is 97.1. The Morgan fingerprint density at radius 1 is 0.242 bits per heavy atom. The molecule has 5 atom stereocenters. The molecule has 0 aliphatic rings. The highest BCUT2D eigenvalue weighted by molar-refractivity contribution is 7.47. The minimum Gasteiger partial charge on any atom is -0.462 e. The molecule has 0 amide bonds. The molecule has 3 N–H and O–H groups in total. The molecule has 0 heterocycles. The fourth-order valence-corrected chi connectivity index (χ4v) is 14.0. The Hall–Kier alpha value is -1.94. The van der Waals surface area contributed by atoms with Crippen LogP contribution in [0.2, 0.25) is 0 Å². The summed E-state index contributed by atoms with van der Waals surface area (Å²) in [4.78, 5) is 72.9. The Kier molecular flexibility index (Phi) is 72.9. The van der Waals surface area contributed by atoms with Crippen LogP contribution >= 0.6 is 15.6 Å². The molecule has 19 heteroatoms. The maximum atomic E-state index is 13.1. The molecule has 0 rings (SSSR count). The predicted molar refractivity (Wildman–Crippen MR) is 405 cm³/mol. The fourth-order valence-electron chi connectivity index (χ4n) is 12.5. The Morgan fingerprint density at radius 2 is 0.404 bits per heavy atom. The second-order valence-corrected chi connectivity index (χ2v) is 31.7. The number of hydrogen-bond donors (Lipinski definition) is 3. The van der Waals surface area contributed by atoms with Gasteiger partial charge in [0, 0.05) is 25.7 Å². The van der Waals surface area contributed by atoms with Gasteiger partial charge in [0.25, 0.3) is 0 Å². The molecular weight excluding hydrogens is 1290 g/mol. The van der Waals surface area contributed by atoms with Crippen molar-refractivity contribution in [3.8, 4) is 0 Å². The van der Waals surface area contributed by atoms with Crippen LogP contribution in [-0.2, 0) is 65.4 Å². The van der Waals surface area contributed by atoms with Gasteiger partial charge in [0.2, 0.25) is 0 Å². The SMILES string of the molecule is CCCCCCCCCCCCCCCCCCCCCCC(=O)O[C@H](COC(=O)CCCCCCCCCCCCCCCCCCCC)COP(=O)(O)OC[C@@H](O)COP(=O)(O)OC[C@@H](COC(=O)CCCCCCCCCCC)OC(=O)CCCCCCCCCCCCCC. The van der Waals surface area contributed by atoms with Gasteiger partial charge < -0.3 is 33.8 Å². The number of carbonyl (C=O) groups is 4. The lowest BCUT2D eigenvalue weighted by atomic mass is 10.0. The lowest BCUT2D eigenvalue weighted by molar-refractivity contribution is -0.161. The summed E-state index contributed by atoms with van der Waals surface area (Å²) in [5.74, 6) is -2.11. The Balaban J connectivity index is 5.20. The van der Waals surface area contributed by atoms with Crippen molar-refractivity contribution in [3.63, 3.8) is 0 Å². The van der Waals surface area contributed by atoms with E-state index in [0.717, 1.165) is 89.9 Å². The molecule has 2 unspecified atom stereocenters. The van der Waals surface area contributed by atoms with Crippen molar-refractivity contribution in [1.82, 2.24) is 0 Å². The van der Waals surface area contributed by atoms with Crippen molar-refractivity contribution in [2.45, 2.75) is 451 Å². The van der Waals surface area contributed by atoms with E-state index >= 15 is 0 Å². The van der Waals surface area contributed by atoms with Crippen molar-refractivity contribution < 1.29 is 80.2 Å². The molecule has 17 nitrogen and oxygen atoms in total. The standard InChI is InChI=1S/C80H156O17P2/c1-5-9-13-17-21-25-28-31-33-35-37-38-40-42-44-47-51-55-59-63-67-80(85)97-76(71-91-78(83)65-61-57-53-49-46-43-41-39-36-34-32-29-26-22-18-14-10-6-2)73-95-99(88,89)93-69-74(81)68-92-98(86,87)94-72-75(70-90-77(82)64-60-56-52-48-24-20-16-12-8-4)96-79(84)66-62-58-54-50-45-30-27-23-19-15-11-7-3/h74-76,81H,5-73H2,1-4H3,(H,86,87)(H,88,89)/t74-,75+,76+/m0/s1. The monoisotopic (exact) mass is 1450 g/mol. The van der Waals surface area contributed by atoms with E-state index in [0.29, 0.717) is 25.7 Å². The Morgan fingerprint density at radius 3 is 0.596 bits per heavy atom. The number of rotatable bonds is 81. The topological polar surface area (TPSA) is 237 Å². The zero-order chi connectivity index (χ0) is 72.5. The molecule has 0 bridgehead atoms. The first-order valence-electron chi connectivity index (χ1n) is 41.8. The van der Waals surface area contributed by atoms with Crippen molar-refractivity contribution in [1.29, 1.82) is 0 Å². The maximum Gasteiger partial charge on any atom is 0.472 e. The van der Waals surface area contributed by atoms with Crippen LogP contribution in [0.3, 0.4) is 0 Å². The first-order valence-corrected chi connectivity index (χ1v) is 44.8. The highest BCUT2D eigenvalue weighted by atomic mass is 31.2. The van der Waals surface area contributed by atoms with Crippen LogP contribution in [0.1, 0.15) is 432 Å². The molecule has 0 radical (unpaired) electrons. The van der Waals surface area contributed by atoms with Gasteiger partial charge in [0.05, 0.1) is 26.4 Å². The van der Waals surface area contributed by atoms with Gasteiger partial charge in [-0.3, -0.25) is 37.3 Å². The second-order valence-electron chi connectivity index (χ2n) is 28.8. The molecule has 588 valence electrons. The normalized spacial score (nSPS) is 13.8. The smallest absolute Gasteiger partial charge is 0.462 e. The summed E-state index contributed by atoms with van der Waals surface area (Å²) in [6.07, 6.45) is 66.7. The van der Waals surface area contributed by atoms with Gasteiger partial charge in [-0.15, -0.1) is 0 Å². The van der Waals surface area contributed by atoms with Crippen LogP contribution in [0, 0.1) is 0 Å². The number of carbonyl (C=O) groups excluding carboxylic acids is 4. The van der Waals surface area contributed by atoms with Crippen LogP contribution in [0.25, 0.3) is 0 Å². The molecule has 0 saturated heterocycles. The molecule has 0 aliphatic carbocycles. The maximum absolute atomic E-state index is 13.1. The van der Waals surface area contributed by atoms with E-state index in [1.807, 2.05) is 0 Å². The highest BCUT2D eigenvalue weighted by Gasteiger charge is 2.30. The number of aliphatic hydroxyl groups excluding tert-OH is 1. The number of hydrogen-bond acceptors (Lipinski definition) is 15. The van der Waals surface area contributed by atoms with Crippen LogP contribution in [0.5, 0.6) is 0 Å². The third-order valence-corrected chi connectivity index (χ3v) is 20.8. The van der Waals surface area contributed by atoms with E-state index < -0.39 is 97.5 Å². The van der Waals surface area contributed by atoms with Crippen LogP contribution in [-0.4, -0.2) is 96.7 Å². The van der Waals surface area contributed by atoms with Crippen molar-refractivity contribution in [2.75, 3.05) is 39.6 Å². The van der Waals surface area contributed by atoms with E-state index in [-0.39, 0.29) is 25.7 Å². The highest BCUT2D eigenvalue weighted by Crippen LogP contribution is 2.45. The summed E-state index contributed by atoms with van der Waals surface area (Å²) >= 11 is 0. The molecule has 0 spiro atoms. The largest absolute Gasteiger partial charge is 0.472 e. The van der Waals surface area contributed by atoms with Gasteiger partial charge in [-0.2, -0.15) is 0 Å². The number of aliphatic hydroxyl groups is 1. The zero-order valence-electron chi connectivity index (χ0n) is 64.5. The lowest BCUT2D eigenvalue weighted by Gasteiger charge is -2.21. The summed E-state index contributed by atoms with van der Waals surface area (Å²) < 4.78 is 68.6. The van der Waals surface area contributed by atoms with Crippen LogP contribution < -0.4 is 0 Å². The average molecular weight is 1450 g/mol. The molecule has 0 fully saturated rings. The molecule has 0 aromatic carbocycles. The molecule has 0 aromatic heterocycles.